The van der Waals surface area contributed by atoms with E-state index in [9.17, 15) is 9.50 Å². The molecule has 4 rings (SSSR count). The number of H-pyrrole nitrogens is 1. The molecule has 3 aromatic rings. The van der Waals surface area contributed by atoms with E-state index in [-0.39, 0.29) is 11.8 Å². The number of alkyl halides is 1. The van der Waals surface area contributed by atoms with Crippen LogP contribution in [0.3, 0.4) is 0 Å². The van der Waals surface area contributed by atoms with Gasteiger partial charge in [0.05, 0.1) is 12.4 Å². The molecule has 1 atom stereocenters. The maximum atomic E-state index is 13.1. The first-order valence-electron chi connectivity index (χ1n) is 9.56. The standard InChI is InChI=1S/C20H24FN7O/c1-20(2,12-21)25-15-5-6-28(11-15)19-22-10-17(26-27-19)16-4-3-13(7-18(16)29)14-8-23-24-9-14/h3-4,7-10,15,25,29H,5-6,11-12H2,1-2H3,(H,23,24). The maximum Gasteiger partial charge on any atom is 0.245 e. The summed E-state index contributed by atoms with van der Waals surface area (Å²) in [6, 6.07) is 5.53. The van der Waals surface area contributed by atoms with E-state index in [4.69, 9.17) is 0 Å². The molecule has 1 aliphatic rings. The average molecular weight is 397 g/mol. The zero-order valence-electron chi connectivity index (χ0n) is 16.4. The van der Waals surface area contributed by atoms with Crippen molar-refractivity contribution in [1.29, 1.82) is 0 Å². The normalized spacial score (nSPS) is 17.1. The molecule has 3 heterocycles. The molecule has 9 heteroatoms. The molecular weight excluding hydrogens is 373 g/mol. The fraction of sp³-hybridized carbons (Fsp3) is 0.400. The van der Waals surface area contributed by atoms with Crippen LogP contribution in [0.25, 0.3) is 22.4 Å². The Morgan fingerprint density at radius 3 is 2.79 bits per heavy atom. The van der Waals surface area contributed by atoms with Crippen LogP contribution >= 0.6 is 0 Å². The summed E-state index contributed by atoms with van der Waals surface area (Å²) in [5, 5.41) is 28.9. The van der Waals surface area contributed by atoms with Crippen molar-refractivity contribution in [3.05, 3.63) is 36.8 Å². The highest BCUT2D eigenvalue weighted by molar-refractivity contribution is 5.73. The van der Waals surface area contributed by atoms with Crippen molar-refractivity contribution in [3.63, 3.8) is 0 Å². The van der Waals surface area contributed by atoms with E-state index in [2.05, 4.69) is 30.7 Å². The number of aromatic nitrogens is 5. The van der Waals surface area contributed by atoms with E-state index in [1.54, 1.807) is 30.7 Å². The molecule has 1 saturated heterocycles. The number of nitrogens with one attached hydrogen (secondary N) is 2. The topological polar surface area (TPSA) is 103 Å². The Morgan fingerprint density at radius 1 is 1.28 bits per heavy atom. The third-order valence-electron chi connectivity index (χ3n) is 5.05. The van der Waals surface area contributed by atoms with Crippen LogP contribution in [-0.2, 0) is 0 Å². The van der Waals surface area contributed by atoms with Gasteiger partial charge in [0.1, 0.15) is 18.1 Å². The number of hydrogen-bond donors (Lipinski definition) is 3. The predicted octanol–water partition coefficient (Wildman–Crippen LogP) is 2.55. The highest BCUT2D eigenvalue weighted by Crippen LogP contribution is 2.32. The van der Waals surface area contributed by atoms with Crippen LogP contribution in [0.5, 0.6) is 5.75 Å². The number of hydrogen-bond acceptors (Lipinski definition) is 7. The van der Waals surface area contributed by atoms with E-state index in [0.29, 0.717) is 23.8 Å². The van der Waals surface area contributed by atoms with E-state index in [0.717, 1.165) is 24.1 Å². The number of anilines is 1. The largest absolute Gasteiger partial charge is 0.507 e. The van der Waals surface area contributed by atoms with Crippen molar-refractivity contribution >= 4 is 5.95 Å². The maximum absolute atomic E-state index is 13.1. The lowest BCUT2D eigenvalue weighted by Gasteiger charge is -2.27. The summed E-state index contributed by atoms with van der Waals surface area (Å²) in [5.41, 5.74) is 2.26. The van der Waals surface area contributed by atoms with Gasteiger partial charge < -0.3 is 15.3 Å². The molecule has 1 aliphatic heterocycles. The van der Waals surface area contributed by atoms with Crippen LogP contribution in [0.15, 0.2) is 36.8 Å². The predicted molar refractivity (Wildman–Crippen MR) is 108 cm³/mol. The van der Waals surface area contributed by atoms with Gasteiger partial charge in [-0.15, -0.1) is 10.2 Å². The fourth-order valence-corrected chi connectivity index (χ4v) is 3.52. The van der Waals surface area contributed by atoms with Crippen molar-refractivity contribution in [2.75, 3.05) is 24.7 Å². The van der Waals surface area contributed by atoms with Gasteiger partial charge in [0.25, 0.3) is 0 Å². The number of phenols is 1. The van der Waals surface area contributed by atoms with E-state index < -0.39 is 12.2 Å². The van der Waals surface area contributed by atoms with Gasteiger partial charge in [0, 0.05) is 42.0 Å². The number of rotatable bonds is 6. The molecule has 1 unspecified atom stereocenters. The third-order valence-corrected chi connectivity index (χ3v) is 5.05. The van der Waals surface area contributed by atoms with Crippen LogP contribution < -0.4 is 10.2 Å². The van der Waals surface area contributed by atoms with Crippen molar-refractivity contribution in [2.45, 2.75) is 31.8 Å². The first-order valence-corrected chi connectivity index (χ1v) is 9.56. The Hall–Kier alpha value is -3.07. The highest BCUT2D eigenvalue weighted by atomic mass is 19.1. The van der Waals surface area contributed by atoms with E-state index >= 15 is 0 Å². The van der Waals surface area contributed by atoms with Crippen molar-refractivity contribution < 1.29 is 9.50 Å². The van der Waals surface area contributed by atoms with Crippen molar-refractivity contribution in [2.24, 2.45) is 0 Å². The summed E-state index contributed by atoms with van der Waals surface area (Å²) >= 11 is 0. The molecule has 1 aromatic carbocycles. The lowest BCUT2D eigenvalue weighted by molar-refractivity contribution is 0.265. The minimum atomic E-state index is -0.538. The molecule has 8 nitrogen and oxygen atoms in total. The van der Waals surface area contributed by atoms with Crippen LogP contribution in [0.1, 0.15) is 20.3 Å². The summed E-state index contributed by atoms with van der Waals surface area (Å²) < 4.78 is 13.1. The summed E-state index contributed by atoms with van der Waals surface area (Å²) in [4.78, 5) is 6.46. The van der Waals surface area contributed by atoms with Gasteiger partial charge in [0.15, 0.2) is 0 Å². The minimum Gasteiger partial charge on any atom is -0.507 e. The third kappa shape index (κ3) is 4.19. The highest BCUT2D eigenvalue weighted by Gasteiger charge is 2.29. The molecule has 1 fully saturated rings. The Balaban J connectivity index is 1.46. The summed E-state index contributed by atoms with van der Waals surface area (Å²) in [7, 11) is 0. The zero-order valence-corrected chi connectivity index (χ0v) is 16.4. The molecule has 0 bridgehead atoms. The smallest absolute Gasteiger partial charge is 0.245 e. The van der Waals surface area contributed by atoms with Crippen molar-refractivity contribution in [1.82, 2.24) is 30.7 Å². The molecule has 0 amide bonds. The van der Waals surface area contributed by atoms with Gasteiger partial charge in [-0.05, 0) is 38.0 Å². The molecule has 152 valence electrons. The molecule has 29 heavy (non-hydrogen) atoms. The Morgan fingerprint density at radius 2 is 2.14 bits per heavy atom. The number of aromatic hydroxyl groups is 1. The molecule has 3 N–H and O–H groups in total. The molecule has 0 radical (unpaired) electrons. The number of phenolic OH excluding ortho intramolecular Hbond substituents is 1. The van der Waals surface area contributed by atoms with Gasteiger partial charge in [-0.25, -0.2) is 9.37 Å². The molecule has 0 saturated carbocycles. The lowest BCUT2D eigenvalue weighted by atomic mass is 10.0. The second-order valence-corrected chi connectivity index (χ2v) is 7.96. The van der Waals surface area contributed by atoms with Crippen LogP contribution in [0, 0.1) is 0 Å². The quantitative estimate of drug-likeness (QED) is 0.587. The summed E-state index contributed by atoms with van der Waals surface area (Å²) in [6.45, 7) is 4.78. The SMILES string of the molecule is CC(C)(CF)NC1CCN(c2ncc(-c3ccc(-c4cn[nH]c4)cc3O)nn2)C1. The van der Waals surface area contributed by atoms with Crippen LogP contribution in [0.4, 0.5) is 10.3 Å². The molecule has 0 spiro atoms. The number of halogens is 1. The molecule has 2 aromatic heterocycles. The van der Waals surface area contributed by atoms with Crippen molar-refractivity contribution in [3.8, 4) is 28.1 Å². The first kappa shape index (κ1) is 19.3. The number of benzene rings is 1. The Labute approximate surface area is 168 Å². The molecule has 0 aliphatic carbocycles. The second-order valence-electron chi connectivity index (χ2n) is 7.96. The average Bonchev–Trinajstić information content (AvgIpc) is 3.40. The molecular formula is C20H24FN7O. The number of nitrogens with zero attached hydrogens (tertiary/aromatic N) is 5. The minimum absolute atomic E-state index is 0.103. The Kier molecular flexibility index (Phi) is 5.14. The second kappa shape index (κ2) is 7.75. The van der Waals surface area contributed by atoms with E-state index in [1.165, 1.54) is 0 Å². The first-order chi connectivity index (χ1) is 13.9. The van der Waals surface area contributed by atoms with Gasteiger partial charge in [0.2, 0.25) is 5.95 Å². The summed E-state index contributed by atoms with van der Waals surface area (Å²) in [6.07, 6.45) is 5.96. The number of aromatic amines is 1. The van der Waals surface area contributed by atoms with Gasteiger partial charge in [-0.1, -0.05) is 6.07 Å². The van der Waals surface area contributed by atoms with Crippen LogP contribution in [-0.4, -0.2) is 61.8 Å². The van der Waals surface area contributed by atoms with Crippen LogP contribution in [0.2, 0.25) is 0 Å². The lowest BCUT2D eigenvalue weighted by Crippen LogP contribution is -2.48. The van der Waals surface area contributed by atoms with Gasteiger partial charge in [-0.3, -0.25) is 5.10 Å². The van der Waals surface area contributed by atoms with Gasteiger partial charge in [-0.2, -0.15) is 5.10 Å². The monoisotopic (exact) mass is 397 g/mol. The Bertz CT molecular complexity index is 959. The fourth-order valence-electron chi connectivity index (χ4n) is 3.52. The summed E-state index contributed by atoms with van der Waals surface area (Å²) in [5.74, 6) is 0.636. The van der Waals surface area contributed by atoms with E-state index in [1.807, 2.05) is 24.8 Å². The zero-order chi connectivity index (χ0) is 20.4. The van der Waals surface area contributed by atoms with Gasteiger partial charge >= 0.3 is 0 Å².